The predicted molar refractivity (Wildman–Crippen MR) is 92.3 cm³/mol. The van der Waals surface area contributed by atoms with Crippen molar-refractivity contribution in [2.45, 2.75) is 31.7 Å². The fourth-order valence-corrected chi connectivity index (χ4v) is 3.94. The van der Waals surface area contributed by atoms with E-state index in [0.717, 1.165) is 41.5 Å². The first-order chi connectivity index (χ1) is 11.7. The smallest absolute Gasteiger partial charge is 0.225 e. The van der Waals surface area contributed by atoms with Gasteiger partial charge in [-0.15, -0.1) is 0 Å². The number of benzene rings is 2. The van der Waals surface area contributed by atoms with Crippen LogP contribution in [0.15, 0.2) is 48.5 Å². The van der Waals surface area contributed by atoms with E-state index >= 15 is 0 Å². The Morgan fingerprint density at radius 1 is 1.17 bits per heavy atom. The number of nitrogens with two attached hydrogens (primary N) is 1. The maximum atomic E-state index is 14.6. The first-order valence-corrected chi connectivity index (χ1v) is 8.29. The zero-order chi connectivity index (χ0) is 16.7. The monoisotopic (exact) mass is 322 g/mol. The van der Waals surface area contributed by atoms with Gasteiger partial charge in [0.2, 0.25) is 5.91 Å². The van der Waals surface area contributed by atoms with Crippen molar-refractivity contribution in [1.82, 2.24) is 4.57 Å². The summed E-state index contributed by atoms with van der Waals surface area (Å²) in [5, 5.41) is 0.824. The van der Waals surface area contributed by atoms with Gasteiger partial charge in [-0.25, -0.2) is 4.39 Å². The zero-order valence-electron chi connectivity index (χ0n) is 13.3. The summed E-state index contributed by atoms with van der Waals surface area (Å²) in [6.07, 6.45) is 2.48. The van der Waals surface area contributed by atoms with Crippen molar-refractivity contribution in [1.29, 1.82) is 0 Å². The van der Waals surface area contributed by atoms with Crippen LogP contribution >= 0.6 is 0 Å². The summed E-state index contributed by atoms with van der Waals surface area (Å²) in [4.78, 5) is 11.9. The number of fused-ring (bicyclic) bond motifs is 3. The highest BCUT2D eigenvalue weighted by atomic mass is 19.1. The fourth-order valence-electron chi connectivity index (χ4n) is 3.94. The predicted octanol–water partition coefficient (Wildman–Crippen LogP) is 3.73. The lowest BCUT2D eigenvalue weighted by Gasteiger charge is -2.22. The summed E-state index contributed by atoms with van der Waals surface area (Å²) in [7, 11) is 0. The van der Waals surface area contributed by atoms with E-state index < -0.39 is 0 Å². The average Bonchev–Trinajstić information content (AvgIpc) is 2.91. The Bertz CT molecular complexity index is 914. The van der Waals surface area contributed by atoms with Crippen LogP contribution in [0.1, 0.15) is 35.6 Å². The number of rotatable bonds is 3. The molecule has 3 aromatic rings. The lowest BCUT2D eigenvalue weighted by atomic mass is 9.84. The molecular formula is C20H19FN2O. The maximum Gasteiger partial charge on any atom is 0.225 e. The highest BCUT2D eigenvalue weighted by Crippen LogP contribution is 2.40. The van der Waals surface area contributed by atoms with Crippen LogP contribution in [0.4, 0.5) is 4.39 Å². The van der Waals surface area contributed by atoms with E-state index in [1.165, 1.54) is 6.07 Å². The van der Waals surface area contributed by atoms with Gasteiger partial charge in [0.15, 0.2) is 0 Å². The first kappa shape index (κ1) is 14.9. The number of amides is 1. The summed E-state index contributed by atoms with van der Waals surface area (Å²) >= 11 is 0. The molecule has 0 radical (unpaired) electrons. The first-order valence-electron chi connectivity index (χ1n) is 8.29. The normalized spacial score (nSPS) is 17.0. The Balaban J connectivity index is 1.97. The van der Waals surface area contributed by atoms with Gasteiger partial charge in [0.1, 0.15) is 5.82 Å². The molecule has 2 N–H and O–H groups in total. The molecule has 0 saturated heterocycles. The molecule has 0 bridgehead atoms. The minimum atomic E-state index is -0.324. The number of primary amides is 1. The van der Waals surface area contributed by atoms with E-state index in [1.54, 1.807) is 6.07 Å². The van der Waals surface area contributed by atoms with Crippen LogP contribution in [-0.4, -0.2) is 10.5 Å². The molecule has 1 heterocycles. The number of hydrogen-bond donors (Lipinski definition) is 1. The SMILES string of the molecule is NC(=O)C1CCCc2c1c1cccc(F)c1n2Cc1ccccc1. The number of para-hydroxylation sites is 1. The lowest BCUT2D eigenvalue weighted by Crippen LogP contribution is -2.25. The van der Waals surface area contributed by atoms with E-state index in [2.05, 4.69) is 0 Å². The van der Waals surface area contributed by atoms with Gasteiger partial charge in [-0.2, -0.15) is 0 Å². The largest absolute Gasteiger partial charge is 0.369 e. The summed E-state index contributed by atoms with van der Waals surface area (Å²) in [5.41, 5.74) is 9.31. The molecular weight excluding hydrogens is 303 g/mol. The quantitative estimate of drug-likeness (QED) is 0.784. The van der Waals surface area contributed by atoms with E-state index in [-0.39, 0.29) is 17.6 Å². The molecule has 2 aromatic carbocycles. The second kappa shape index (κ2) is 5.78. The third-order valence-electron chi connectivity index (χ3n) is 4.97. The molecule has 1 aliphatic rings. The number of carbonyl (C=O) groups excluding carboxylic acids is 1. The van der Waals surface area contributed by atoms with Crippen LogP contribution in [0.5, 0.6) is 0 Å². The van der Waals surface area contributed by atoms with Crippen LogP contribution in [0, 0.1) is 5.82 Å². The van der Waals surface area contributed by atoms with Crippen LogP contribution in [0.2, 0.25) is 0 Å². The average molecular weight is 322 g/mol. The molecule has 3 nitrogen and oxygen atoms in total. The third-order valence-corrected chi connectivity index (χ3v) is 4.97. The minimum absolute atomic E-state index is 0.249. The topological polar surface area (TPSA) is 48.0 Å². The number of hydrogen-bond acceptors (Lipinski definition) is 1. The standard InChI is InChI=1S/C20H19FN2O/c21-16-10-4-8-14-18-15(20(22)24)9-5-11-17(18)23(19(14)16)12-13-6-2-1-3-7-13/h1-4,6-8,10,15H,5,9,11-12H2,(H2,22,24). The summed E-state index contributed by atoms with van der Waals surface area (Å²) in [6.45, 7) is 0.596. The highest BCUT2D eigenvalue weighted by Gasteiger charge is 2.31. The third kappa shape index (κ3) is 2.30. The molecule has 1 unspecified atom stereocenters. The number of nitrogens with zero attached hydrogens (tertiary/aromatic N) is 1. The Morgan fingerprint density at radius 2 is 1.96 bits per heavy atom. The summed E-state index contributed by atoms with van der Waals surface area (Å²) < 4.78 is 16.7. The van der Waals surface area contributed by atoms with Crippen molar-refractivity contribution in [2.24, 2.45) is 5.73 Å². The molecule has 1 aliphatic carbocycles. The van der Waals surface area contributed by atoms with Crippen LogP contribution in [0.25, 0.3) is 10.9 Å². The van der Waals surface area contributed by atoms with Crippen molar-refractivity contribution in [3.63, 3.8) is 0 Å². The number of carbonyl (C=O) groups is 1. The van der Waals surface area contributed by atoms with Gasteiger partial charge in [0, 0.05) is 17.6 Å². The molecule has 122 valence electrons. The van der Waals surface area contributed by atoms with Gasteiger partial charge >= 0.3 is 0 Å². The molecule has 0 saturated carbocycles. The highest BCUT2D eigenvalue weighted by molar-refractivity contribution is 5.93. The van der Waals surface area contributed by atoms with Crippen molar-refractivity contribution >= 4 is 16.8 Å². The minimum Gasteiger partial charge on any atom is -0.369 e. The molecule has 0 aliphatic heterocycles. The molecule has 1 atom stereocenters. The van der Waals surface area contributed by atoms with Crippen molar-refractivity contribution < 1.29 is 9.18 Å². The van der Waals surface area contributed by atoms with Crippen LogP contribution in [0.3, 0.4) is 0 Å². The Kier molecular flexibility index (Phi) is 3.60. The lowest BCUT2D eigenvalue weighted by molar-refractivity contribution is -0.119. The second-order valence-electron chi connectivity index (χ2n) is 6.42. The van der Waals surface area contributed by atoms with Gasteiger partial charge in [-0.3, -0.25) is 4.79 Å². The Hall–Kier alpha value is -2.62. The van der Waals surface area contributed by atoms with Gasteiger partial charge in [-0.05, 0) is 36.5 Å². The van der Waals surface area contributed by atoms with Gasteiger partial charge < -0.3 is 10.3 Å². The van der Waals surface area contributed by atoms with Crippen molar-refractivity contribution in [2.75, 3.05) is 0 Å². The summed E-state index contributed by atoms with van der Waals surface area (Å²) in [5.74, 6) is -0.893. The number of halogens is 1. The number of aromatic nitrogens is 1. The maximum absolute atomic E-state index is 14.6. The fraction of sp³-hybridized carbons (Fsp3) is 0.250. The van der Waals surface area contributed by atoms with Crippen molar-refractivity contribution in [3.05, 3.63) is 71.2 Å². The zero-order valence-corrected chi connectivity index (χ0v) is 13.3. The Labute approximate surface area is 139 Å². The molecule has 24 heavy (non-hydrogen) atoms. The molecule has 4 rings (SSSR count). The van der Waals surface area contributed by atoms with Crippen LogP contribution < -0.4 is 5.73 Å². The molecule has 1 aromatic heterocycles. The van der Waals surface area contributed by atoms with Crippen molar-refractivity contribution in [3.8, 4) is 0 Å². The second-order valence-corrected chi connectivity index (χ2v) is 6.42. The van der Waals surface area contributed by atoms with Gasteiger partial charge in [0.05, 0.1) is 11.4 Å². The van der Waals surface area contributed by atoms with E-state index in [9.17, 15) is 9.18 Å². The summed E-state index contributed by atoms with van der Waals surface area (Å²) in [6, 6.07) is 15.1. The van der Waals surface area contributed by atoms with E-state index in [0.29, 0.717) is 12.1 Å². The van der Waals surface area contributed by atoms with Gasteiger partial charge in [-0.1, -0.05) is 42.5 Å². The molecule has 0 spiro atoms. The Morgan fingerprint density at radius 3 is 2.71 bits per heavy atom. The van der Waals surface area contributed by atoms with E-state index in [4.69, 9.17) is 5.73 Å². The van der Waals surface area contributed by atoms with E-state index in [1.807, 2.05) is 41.0 Å². The molecule has 4 heteroatoms. The van der Waals surface area contributed by atoms with Gasteiger partial charge in [0.25, 0.3) is 0 Å². The van der Waals surface area contributed by atoms with Crippen LogP contribution in [-0.2, 0) is 17.8 Å². The molecule has 1 amide bonds. The molecule has 0 fully saturated rings.